The van der Waals surface area contributed by atoms with Crippen LogP contribution in [0.2, 0.25) is 0 Å². The third kappa shape index (κ3) is 2.32. The molecule has 1 aliphatic heterocycles. The van der Waals surface area contributed by atoms with Gasteiger partial charge in [0.25, 0.3) is 0 Å². The molecule has 0 aliphatic carbocycles. The van der Waals surface area contributed by atoms with E-state index in [1.54, 1.807) is 0 Å². The van der Waals surface area contributed by atoms with Crippen LogP contribution < -0.4 is 0 Å². The monoisotopic (exact) mass is 274 g/mol. The van der Waals surface area contributed by atoms with E-state index < -0.39 is 7.27 Å². The van der Waals surface area contributed by atoms with Crippen molar-refractivity contribution in [3.8, 4) is 0 Å². The van der Waals surface area contributed by atoms with Gasteiger partial charge in [-0.2, -0.15) is 0 Å². The molecular formula is C16H16ClP. The van der Waals surface area contributed by atoms with Crippen molar-refractivity contribution in [2.24, 2.45) is 0 Å². The quantitative estimate of drug-likeness (QED) is 0.598. The zero-order chi connectivity index (χ0) is 12.4. The lowest BCUT2D eigenvalue weighted by molar-refractivity contribution is 0.765. The molecule has 0 amide bonds. The van der Waals surface area contributed by atoms with Crippen molar-refractivity contribution in [2.75, 3.05) is 0 Å². The molecule has 0 radical (unpaired) electrons. The highest BCUT2D eigenvalue weighted by molar-refractivity contribution is 7.84. The average Bonchev–Trinajstić information content (AvgIpc) is 2.83. The molecule has 0 N–H and O–H groups in total. The maximum absolute atomic E-state index is 6.78. The average molecular weight is 275 g/mol. The van der Waals surface area contributed by atoms with Crippen molar-refractivity contribution < 1.29 is 0 Å². The van der Waals surface area contributed by atoms with Gasteiger partial charge in [0.15, 0.2) is 0 Å². The molecule has 0 bridgehead atoms. The van der Waals surface area contributed by atoms with Crippen LogP contribution in [0, 0.1) is 0 Å². The molecule has 2 aromatic rings. The lowest BCUT2D eigenvalue weighted by atomic mass is 10.0. The van der Waals surface area contributed by atoms with Gasteiger partial charge in [0.05, 0.1) is 0 Å². The number of hydrogen-bond donors (Lipinski definition) is 0. The third-order valence-electron chi connectivity index (χ3n) is 3.68. The highest BCUT2D eigenvalue weighted by Gasteiger charge is 2.36. The van der Waals surface area contributed by atoms with E-state index in [-0.39, 0.29) is 0 Å². The van der Waals surface area contributed by atoms with E-state index in [0.29, 0.717) is 11.3 Å². The van der Waals surface area contributed by atoms with Gasteiger partial charge in [-0.25, -0.2) is 0 Å². The van der Waals surface area contributed by atoms with Gasteiger partial charge in [-0.3, -0.25) is 0 Å². The van der Waals surface area contributed by atoms with Crippen molar-refractivity contribution in [1.82, 2.24) is 0 Å². The van der Waals surface area contributed by atoms with Gasteiger partial charge < -0.3 is 0 Å². The summed E-state index contributed by atoms with van der Waals surface area (Å²) in [4.78, 5) is 0. The van der Waals surface area contributed by atoms with Gasteiger partial charge in [-0.05, 0) is 24.0 Å². The molecule has 0 nitrogen and oxygen atoms in total. The normalized spacial score (nSPS) is 27.3. The molecule has 2 aromatic carbocycles. The van der Waals surface area contributed by atoms with E-state index in [2.05, 4.69) is 60.7 Å². The number of hydrogen-bond acceptors (Lipinski definition) is 0. The fraction of sp³-hybridized carbons (Fsp3) is 0.250. The fourth-order valence-electron chi connectivity index (χ4n) is 2.75. The molecular weight excluding hydrogens is 259 g/mol. The molecule has 0 saturated carbocycles. The molecule has 3 rings (SSSR count). The van der Waals surface area contributed by atoms with Crippen LogP contribution >= 0.6 is 18.5 Å². The van der Waals surface area contributed by atoms with E-state index in [1.165, 1.54) is 24.0 Å². The van der Waals surface area contributed by atoms with E-state index >= 15 is 0 Å². The van der Waals surface area contributed by atoms with Crippen molar-refractivity contribution >= 4 is 18.5 Å². The van der Waals surface area contributed by atoms with Gasteiger partial charge in [-0.1, -0.05) is 71.9 Å². The van der Waals surface area contributed by atoms with Crippen LogP contribution in [-0.2, 0) is 0 Å². The van der Waals surface area contributed by atoms with Crippen LogP contribution in [0.15, 0.2) is 60.7 Å². The second-order valence-electron chi connectivity index (χ2n) is 4.77. The second-order valence-corrected chi connectivity index (χ2v) is 7.88. The van der Waals surface area contributed by atoms with Crippen LogP contribution in [0.3, 0.4) is 0 Å². The van der Waals surface area contributed by atoms with Crippen LogP contribution in [0.4, 0.5) is 0 Å². The first-order chi connectivity index (χ1) is 8.86. The molecule has 0 aromatic heterocycles. The Morgan fingerprint density at radius 2 is 1.11 bits per heavy atom. The minimum absolute atomic E-state index is 0.472. The Morgan fingerprint density at radius 3 is 1.50 bits per heavy atom. The van der Waals surface area contributed by atoms with Gasteiger partial charge in [0.2, 0.25) is 0 Å². The summed E-state index contributed by atoms with van der Waals surface area (Å²) in [6.07, 6.45) is 2.44. The van der Waals surface area contributed by atoms with Crippen molar-refractivity contribution in [2.45, 2.75) is 24.2 Å². The minimum atomic E-state index is -0.472. The Kier molecular flexibility index (Phi) is 3.68. The standard InChI is InChI=1S/C16H16ClP/c17-18-15(13-7-3-1-4-8-13)11-12-16(18)14-9-5-2-6-10-14/h1-10,15-16H,11-12H2. The SMILES string of the molecule is ClP1C(c2ccccc2)CCC1c1ccccc1. The molecule has 1 heterocycles. The predicted octanol–water partition coefficient (Wildman–Crippen LogP) is 5.90. The summed E-state index contributed by atoms with van der Waals surface area (Å²) in [5, 5.41) is 0. The molecule has 1 fully saturated rings. The van der Waals surface area contributed by atoms with Crippen molar-refractivity contribution in [1.29, 1.82) is 0 Å². The van der Waals surface area contributed by atoms with Gasteiger partial charge in [0, 0.05) is 18.6 Å². The Hall–Kier alpha value is -0.840. The first-order valence-electron chi connectivity index (χ1n) is 6.40. The molecule has 1 saturated heterocycles. The maximum atomic E-state index is 6.78. The topological polar surface area (TPSA) is 0 Å². The Bertz CT molecular complexity index is 450. The summed E-state index contributed by atoms with van der Waals surface area (Å²) in [5.41, 5.74) is 3.95. The van der Waals surface area contributed by atoms with Crippen LogP contribution in [0.25, 0.3) is 0 Å². The van der Waals surface area contributed by atoms with E-state index in [1.807, 2.05) is 0 Å². The maximum Gasteiger partial charge on any atom is 0.0186 e. The number of benzene rings is 2. The summed E-state index contributed by atoms with van der Waals surface area (Å²) < 4.78 is 0. The molecule has 2 unspecified atom stereocenters. The van der Waals surface area contributed by atoms with E-state index in [4.69, 9.17) is 11.2 Å². The first-order valence-corrected chi connectivity index (χ1v) is 8.79. The first kappa shape index (κ1) is 12.2. The Balaban J connectivity index is 1.83. The van der Waals surface area contributed by atoms with Gasteiger partial charge in [0.1, 0.15) is 0 Å². The van der Waals surface area contributed by atoms with Crippen LogP contribution in [-0.4, -0.2) is 0 Å². The summed E-state index contributed by atoms with van der Waals surface area (Å²) in [6, 6.07) is 21.5. The summed E-state index contributed by atoms with van der Waals surface area (Å²) in [6.45, 7) is 0. The molecule has 0 spiro atoms. The summed E-state index contributed by atoms with van der Waals surface area (Å²) in [7, 11) is -0.472. The highest BCUT2D eigenvalue weighted by atomic mass is 35.7. The van der Waals surface area contributed by atoms with Crippen LogP contribution in [0.5, 0.6) is 0 Å². The molecule has 18 heavy (non-hydrogen) atoms. The molecule has 2 atom stereocenters. The number of halogens is 1. The van der Waals surface area contributed by atoms with Crippen molar-refractivity contribution in [3.05, 3.63) is 71.8 Å². The van der Waals surface area contributed by atoms with E-state index in [0.717, 1.165) is 0 Å². The smallest absolute Gasteiger partial charge is 0.0186 e. The lowest BCUT2D eigenvalue weighted by Crippen LogP contribution is -1.89. The second kappa shape index (κ2) is 5.43. The van der Waals surface area contributed by atoms with Gasteiger partial charge in [-0.15, -0.1) is 0 Å². The highest BCUT2D eigenvalue weighted by Crippen LogP contribution is 2.73. The molecule has 1 aliphatic rings. The molecule has 2 heteroatoms. The Morgan fingerprint density at radius 1 is 0.722 bits per heavy atom. The summed E-state index contributed by atoms with van der Waals surface area (Å²) in [5.74, 6) is 0. The zero-order valence-corrected chi connectivity index (χ0v) is 11.8. The van der Waals surface area contributed by atoms with E-state index in [9.17, 15) is 0 Å². The van der Waals surface area contributed by atoms with Crippen LogP contribution in [0.1, 0.15) is 35.3 Å². The third-order valence-corrected chi connectivity index (χ3v) is 7.40. The molecule has 92 valence electrons. The minimum Gasteiger partial charge on any atom is -0.0951 e. The fourth-order valence-corrected chi connectivity index (χ4v) is 6.15. The zero-order valence-electron chi connectivity index (χ0n) is 10.2. The Labute approximate surface area is 115 Å². The summed E-state index contributed by atoms with van der Waals surface area (Å²) >= 11 is 6.78. The van der Waals surface area contributed by atoms with Crippen molar-refractivity contribution in [3.63, 3.8) is 0 Å². The van der Waals surface area contributed by atoms with Gasteiger partial charge >= 0.3 is 0 Å². The lowest BCUT2D eigenvalue weighted by Gasteiger charge is -2.19. The number of rotatable bonds is 2. The predicted molar refractivity (Wildman–Crippen MR) is 80.4 cm³/mol. The largest absolute Gasteiger partial charge is 0.0951 e.